The summed E-state index contributed by atoms with van der Waals surface area (Å²) in [6.45, 7) is 1.46. The number of amides is 1. The van der Waals surface area contributed by atoms with Crippen molar-refractivity contribution < 1.29 is 23.5 Å². The van der Waals surface area contributed by atoms with Crippen LogP contribution in [0.1, 0.15) is 18.6 Å². The zero-order valence-corrected chi connectivity index (χ0v) is 15.6. The van der Waals surface area contributed by atoms with Gasteiger partial charge >= 0.3 is 0 Å². The number of ether oxygens (including phenoxy) is 2. The fourth-order valence-corrected chi connectivity index (χ4v) is 2.82. The first kappa shape index (κ1) is 19.6. The van der Waals surface area contributed by atoms with Crippen LogP contribution in [-0.2, 0) is 16.1 Å². The largest absolute Gasteiger partial charge is 0.497 e. The van der Waals surface area contributed by atoms with E-state index in [-0.39, 0.29) is 23.6 Å². The maximum atomic E-state index is 12.2. The second-order valence-corrected chi connectivity index (χ2v) is 6.46. The van der Waals surface area contributed by atoms with E-state index in [0.29, 0.717) is 49.7 Å². The SMILES string of the molecule is COc1ccc(NC(=O)COc2coc(CN3CCC(=O)CC3)cc2=O)cc1. The van der Waals surface area contributed by atoms with Gasteiger partial charge in [0.05, 0.1) is 13.7 Å². The fourth-order valence-electron chi connectivity index (χ4n) is 2.82. The summed E-state index contributed by atoms with van der Waals surface area (Å²) in [5.41, 5.74) is 0.239. The fraction of sp³-hybridized carbons (Fsp3) is 0.350. The first-order valence-electron chi connectivity index (χ1n) is 8.96. The summed E-state index contributed by atoms with van der Waals surface area (Å²) in [7, 11) is 1.56. The molecule has 28 heavy (non-hydrogen) atoms. The van der Waals surface area contributed by atoms with Gasteiger partial charge in [0.2, 0.25) is 11.2 Å². The predicted octanol–water partition coefficient (Wildman–Crippen LogP) is 1.83. The highest BCUT2D eigenvalue weighted by molar-refractivity contribution is 5.91. The Balaban J connectivity index is 1.50. The summed E-state index contributed by atoms with van der Waals surface area (Å²) in [4.78, 5) is 37.5. The molecule has 2 aromatic rings. The van der Waals surface area contributed by atoms with Crippen LogP contribution in [0.4, 0.5) is 5.69 Å². The number of carbonyl (C=O) groups is 2. The topological polar surface area (TPSA) is 98.1 Å². The van der Waals surface area contributed by atoms with E-state index >= 15 is 0 Å². The number of likely N-dealkylation sites (tertiary alicyclic amines) is 1. The van der Waals surface area contributed by atoms with Gasteiger partial charge in [-0.15, -0.1) is 0 Å². The maximum absolute atomic E-state index is 12.2. The molecule has 0 bridgehead atoms. The quantitative estimate of drug-likeness (QED) is 0.775. The van der Waals surface area contributed by atoms with Crippen LogP contribution in [0.25, 0.3) is 0 Å². The van der Waals surface area contributed by atoms with E-state index in [1.54, 1.807) is 31.4 Å². The van der Waals surface area contributed by atoms with Crippen molar-refractivity contribution in [1.29, 1.82) is 0 Å². The molecule has 3 rings (SSSR count). The summed E-state index contributed by atoms with van der Waals surface area (Å²) in [6.07, 6.45) is 2.26. The Morgan fingerprint density at radius 3 is 2.54 bits per heavy atom. The van der Waals surface area contributed by atoms with Gasteiger partial charge in [0.15, 0.2) is 6.61 Å². The van der Waals surface area contributed by atoms with Crippen LogP contribution in [0, 0.1) is 0 Å². The standard InChI is InChI=1S/C20H22N2O6/c1-26-16-4-2-14(3-5-16)21-20(25)13-28-19-12-27-17(10-18(19)24)11-22-8-6-15(23)7-9-22/h2-5,10,12H,6-9,11,13H2,1H3,(H,21,25). The molecule has 1 aliphatic heterocycles. The number of Topliss-reactive ketones (excluding diaryl/α,β-unsaturated/α-hetero) is 1. The molecule has 0 spiro atoms. The van der Waals surface area contributed by atoms with Gasteiger partial charge in [-0.1, -0.05) is 0 Å². The second kappa shape index (κ2) is 9.18. The molecule has 1 N–H and O–H groups in total. The highest BCUT2D eigenvalue weighted by Gasteiger charge is 2.17. The number of ketones is 1. The third-order valence-electron chi connectivity index (χ3n) is 4.38. The van der Waals surface area contributed by atoms with Crippen molar-refractivity contribution in [1.82, 2.24) is 4.90 Å². The highest BCUT2D eigenvalue weighted by Crippen LogP contribution is 2.15. The van der Waals surface area contributed by atoms with E-state index in [0.717, 1.165) is 0 Å². The van der Waals surface area contributed by atoms with Crippen LogP contribution >= 0.6 is 0 Å². The second-order valence-electron chi connectivity index (χ2n) is 6.46. The Morgan fingerprint density at radius 2 is 1.89 bits per heavy atom. The van der Waals surface area contributed by atoms with Crippen LogP contribution in [0.15, 0.2) is 45.8 Å². The number of nitrogens with one attached hydrogen (secondary N) is 1. The number of hydrogen-bond donors (Lipinski definition) is 1. The molecule has 1 saturated heterocycles. The van der Waals surface area contributed by atoms with Crippen LogP contribution in [0.5, 0.6) is 11.5 Å². The average molecular weight is 386 g/mol. The lowest BCUT2D eigenvalue weighted by Gasteiger charge is -2.24. The lowest BCUT2D eigenvalue weighted by atomic mass is 10.1. The smallest absolute Gasteiger partial charge is 0.262 e. The summed E-state index contributed by atoms with van der Waals surface area (Å²) in [5, 5.41) is 2.67. The van der Waals surface area contributed by atoms with E-state index in [2.05, 4.69) is 10.2 Å². The molecular formula is C20H22N2O6. The first-order valence-corrected chi connectivity index (χ1v) is 8.96. The number of piperidine rings is 1. The number of carbonyl (C=O) groups excluding carboxylic acids is 2. The van der Waals surface area contributed by atoms with Crippen LogP contribution in [0.3, 0.4) is 0 Å². The van der Waals surface area contributed by atoms with Crippen molar-refractivity contribution in [3.8, 4) is 11.5 Å². The van der Waals surface area contributed by atoms with Crippen molar-refractivity contribution in [3.05, 3.63) is 52.6 Å². The molecule has 2 heterocycles. The van der Waals surface area contributed by atoms with Crippen molar-refractivity contribution >= 4 is 17.4 Å². The zero-order chi connectivity index (χ0) is 19.9. The maximum Gasteiger partial charge on any atom is 0.262 e. The van der Waals surface area contributed by atoms with Gasteiger partial charge in [0, 0.05) is 37.7 Å². The first-order chi connectivity index (χ1) is 13.5. The molecule has 0 aliphatic carbocycles. The molecule has 0 unspecified atom stereocenters. The Bertz CT molecular complexity index is 880. The van der Waals surface area contributed by atoms with Crippen LogP contribution in [0.2, 0.25) is 0 Å². The number of benzene rings is 1. The Labute approximate surface area is 162 Å². The monoisotopic (exact) mass is 386 g/mol. The molecule has 148 valence electrons. The van der Waals surface area contributed by atoms with Gasteiger partial charge in [-0.2, -0.15) is 0 Å². The van der Waals surface area contributed by atoms with Crippen molar-refractivity contribution in [3.63, 3.8) is 0 Å². The van der Waals surface area contributed by atoms with E-state index in [1.807, 2.05) is 0 Å². The number of anilines is 1. The van der Waals surface area contributed by atoms with Gasteiger partial charge in [-0.3, -0.25) is 19.3 Å². The molecule has 0 atom stereocenters. The summed E-state index contributed by atoms with van der Waals surface area (Å²) < 4.78 is 15.8. The molecule has 8 heteroatoms. The predicted molar refractivity (Wildman–Crippen MR) is 102 cm³/mol. The van der Waals surface area contributed by atoms with E-state index in [9.17, 15) is 14.4 Å². The lowest BCUT2D eigenvalue weighted by Crippen LogP contribution is -2.33. The molecule has 8 nitrogen and oxygen atoms in total. The van der Waals surface area contributed by atoms with Crippen LogP contribution < -0.4 is 20.2 Å². The minimum absolute atomic E-state index is 0.0255. The molecule has 0 saturated carbocycles. The highest BCUT2D eigenvalue weighted by atomic mass is 16.5. The van der Waals surface area contributed by atoms with Crippen molar-refractivity contribution in [2.75, 3.05) is 32.1 Å². The summed E-state index contributed by atoms with van der Waals surface area (Å²) in [6, 6.07) is 8.21. The average Bonchev–Trinajstić information content (AvgIpc) is 2.70. The Kier molecular flexibility index (Phi) is 6.44. The summed E-state index contributed by atoms with van der Waals surface area (Å²) in [5.74, 6) is 1.01. The molecule has 1 aromatic carbocycles. The molecule has 1 aliphatic rings. The van der Waals surface area contributed by atoms with Gasteiger partial charge in [0.25, 0.3) is 5.91 Å². The van der Waals surface area contributed by atoms with E-state index < -0.39 is 5.91 Å². The minimum Gasteiger partial charge on any atom is -0.497 e. The minimum atomic E-state index is -0.397. The zero-order valence-electron chi connectivity index (χ0n) is 15.6. The number of nitrogens with zero attached hydrogens (tertiary/aromatic N) is 1. The third-order valence-corrected chi connectivity index (χ3v) is 4.38. The van der Waals surface area contributed by atoms with Crippen molar-refractivity contribution in [2.24, 2.45) is 0 Å². The molecule has 1 amide bonds. The van der Waals surface area contributed by atoms with Gasteiger partial charge in [0.1, 0.15) is 23.6 Å². The summed E-state index contributed by atoms with van der Waals surface area (Å²) >= 11 is 0. The number of rotatable bonds is 7. The molecule has 0 radical (unpaired) electrons. The number of hydrogen-bond acceptors (Lipinski definition) is 7. The Morgan fingerprint density at radius 1 is 1.18 bits per heavy atom. The molecule has 1 aromatic heterocycles. The Hall–Kier alpha value is -3.13. The van der Waals surface area contributed by atoms with Crippen LogP contribution in [-0.4, -0.2) is 43.4 Å². The van der Waals surface area contributed by atoms with Gasteiger partial charge < -0.3 is 19.2 Å². The third kappa shape index (κ3) is 5.43. The van der Waals surface area contributed by atoms with Crippen molar-refractivity contribution in [2.45, 2.75) is 19.4 Å². The van der Waals surface area contributed by atoms with Gasteiger partial charge in [-0.25, -0.2) is 0 Å². The van der Waals surface area contributed by atoms with Gasteiger partial charge in [-0.05, 0) is 24.3 Å². The normalized spacial score (nSPS) is 14.5. The van der Waals surface area contributed by atoms with E-state index in [4.69, 9.17) is 13.9 Å². The number of methoxy groups -OCH3 is 1. The van der Waals surface area contributed by atoms with E-state index in [1.165, 1.54) is 12.3 Å². The molecular weight excluding hydrogens is 364 g/mol. The molecule has 1 fully saturated rings. The lowest BCUT2D eigenvalue weighted by molar-refractivity contribution is -0.121.